The first-order chi connectivity index (χ1) is 10.8. The SMILES string of the molecule is CCCCC(C)(NC(=O)Cc1ccc(C)cc1C)C(=O)OCC. The van der Waals surface area contributed by atoms with Crippen molar-refractivity contribution in [2.75, 3.05) is 6.61 Å². The lowest BCUT2D eigenvalue weighted by Gasteiger charge is -2.28. The molecular formula is C19H29NO3. The molecule has 23 heavy (non-hydrogen) atoms. The molecule has 0 heterocycles. The van der Waals surface area contributed by atoms with Gasteiger partial charge in [0, 0.05) is 0 Å². The highest BCUT2D eigenvalue weighted by atomic mass is 16.5. The van der Waals surface area contributed by atoms with Crippen LogP contribution in [-0.4, -0.2) is 24.0 Å². The third kappa shape index (κ3) is 5.70. The van der Waals surface area contributed by atoms with Crippen molar-refractivity contribution in [3.8, 4) is 0 Å². The van der Waals surface area contributed by atoms with Crippen LogP contribution in [0.4, 0.5) is 0 Å². The number of carbonyl (C=O) groups is 2. The zero-order valence-corrected chi connectivity index (χ0v) is 15.0. The van der Waals surface area contributed by atoms with Crippen molar-refractivity contribution in [2.45, 2.75) is 65.8 Å². The average Bonchev–Trinajstić information content (AvgIpc) is 2.48. The molecule has 128 valence electrons. The zero-order chi connectivity index (χ0) is 17.5. The summed E-state index contributed by atoms with van der Waals surface area (Å²) in [6.07, 6.45) is 2.68. The van der Waals surface area contributed by atoms with E-state index in [2.05, 4.69) is 18.3 Å². The number of hydrogen-bond donors (Lipinski definition) is 1. The predicted octanol–water partition coefficient (Wildman–Crippen LogP) is 3.47. The Balaban J connectivity index is 2.81. The number of amides is 1. The standard InChI is InChI=1S/C19H29NO3/c1-6-8-11-19(5,18(22)23-7-2)20-17(21)13-16-10-9-14(3)12-15(16)4/h9-10,12H,6-8,11,13H2,1-5H3,(H,20,21). The van der Waals surface area contributed by atoms with Gasteiger partial charge in [-0.25, -0.2) is 4.79 Å². The minimum Gasteiger partial charge on any atom is -0.464 e. The quantitative estimate of drug-likeness (QED) is 0.746. The van der Waals surface area contributed by atoms with Crippen LogP contribution in [0, 0.1) is 13.8 Å². The van der Waals surface area contributed by atoms with Crippen LogP contribution in [0.3, 0.4) is 0 Å². The number of unbranched alkanes of at least 4 members (excludes halogenated alkanes) is 1. The van der Waals surface area contributed by atoms with Gasteiger partial charge in [0.05, 0.1) is 13.0 Å². The summed E-state index contributed by atoms with van der Waals surface area (Å²) >= 11 is 0. The monoisotopic (exact) mass is 319 g/mol. The molecule has 0 saturated carbocycles. The van der Waals surface area contributed by atoms with Crippen LogP contribution in [0.1, 0.15) is 56.7 Å². The number of nitrogens with one attached hydrogen (secondary N) is 1. The van der Waals surface area contributed by atoms with Crippen LogP contribution in [0.5, 0.6) is 0 Å². The van der Waals surface area contributed by atoms with Crippen LogP contribution in [0.2, 0.25) is 0 Å². The van der Waals surface area contributed by atoms with Gasteiger partial charge in [0.15, 0.2) is 0 Å². The normalized spacial score (nSPS) is 13.3. The average molecular weight is 319 g/mol. The number of ether oxygens (including phenoxy) is 1. The third-order valence-corrected chi connectivity index (χ3v) is 4.02. The summed E-state index contributed by atoms with van der Waals surface area (Å²) in [6.45, 7) is 9.92. The van der Waals surface area contributed by atoms with E-state index in [1.165, 1.54) is 5.56 Å². The van der Waals surface area contributed by atoms with E-state index in [9.17, 15) is 9.59 Å². The minimum atomic E-state index is -0.957. The van der Waals surface area contributed by atoms with Crippen molar-refractivity contribution in [2.24, 2.45) is 0 Å². The summed E-state index contributed by atoms with van der Waals surface area (Å²) in [6, 6.07) is 6.03. The summed E-state index contributed by atoms with van der Waals surface area (Å²) in [4.78, 5) is 24.7. The van der Waals surface area contributed by atoms with E-state index in [1.807, 2.05) is 26.0 Å². The van der Waals surface area contributed by atoms with Crippen molar-refractivity contribution < 1.29 is 14.3 Å². The Morgan fingerprint density at radius 2 is 1.91 bits per heavy atom. The van der Waals surface area contributed by atoms with E-state index in [4.69, 9.17) is 4.74 Å². The van der Waals surface area contributed by atoms with Gasteiger partial charge < -0.3 is 10.1 Å². The minimum absolute atomic E-state index is 0.149. The predicted molar refractivity (Wildman–Crippen MR) is 92.3 cm³/mol. The molecule has 1 atom stereocenters. The molecule has 0 aliphatic rings. The molecular weight excluding hydrogens is 290 g/mol. The Kier molecular flexibility index (Phi) is 7.27. The van der Waals surface area contributed by atoms with Crippen molar-refractivity contribution in [1.82, 2.24) is 5.32 Å². The number of benzene rings is 1. The van der Waals surface area contributed by atoms with Gasteiger partial charge in [0.2, 0.25) is 5.91 Å². The topological polar surface area (TPSA) is 55.4 Å². The van der Waals surface area contributed by atoms with Crippen LogP contribution in [0.15, 0.2) is 18.2 Å². The van der Waals surface area contributed by atoms with Crippen molar-refractivity contribution in [3.63, 3.8) is 0 Å². The fourth-order valence-corrected chi connectivity index (χ4v) is 2.61. The molecule has 0 radical (unpaired) electrons. The fraction of sp³-hybridized carbons (Fsp3) is 0.579. The van der Waals surface area contributed by atoms with E-state index < -0.39 is 5.54 Å². The van der Waals surface area contributed by atoms with Crippen LogP contribution >= 0.6 is 0 Å². The Hall–Kier alpha value is -1.84. The third-order valence-electron chi connectivity index (χ3n) is 4.02. The zero-order valence-electron chi connectivity index (χ0n) is 15.0. The van der Waals surface area contributed by atoms with Crippen LogP contribution < -0.4 is 5.32 Å². The maximum Gasteiger partial charge on any atom is 0.331 e. The molecule has 1 aromatic rings. The lowest BCUT2D eigenvalue weighted by Crippen LogP contribution is -2.53. The number of hydrogen-bond acceptors (Lipinski definition) is 3. The molecule has 4 nitrogen and oxygen atoms in total. The molecule has 0 bridgehead atoms. The number of rotatable bonds is 8. The first kappa shape index (κ1) is 19.2. The van der Waals surface area contributed by atoms with E-state index in [-0.39, 0.29) is 18.3 Å². The Morgan fingerprint density at radius 1 is 1.22 bits per heavy atom. The number of esters is 1. The molecule has 0 spiro atoms. The summed E-state index contributed by atoms with van der Waals surface area (Å²) in [5.74, 6) is -0.508. The van der Waals surface area contributed by atoms with Gasteiger partial charge >= 0.3 is 5.97 Å². The van der Waals surface area contributed by atoms with Gasteiger partial charge in [-0.3, -0.25) is 4.79 Å². The largest absolute Gasteiger partial charge is 0.464 e. The van der Waals surface area contributed by atoms with Crippen molar-refractivity contribution in [1.29, 1.82) is 0 Å². The molecule has 0 aliphatic carbocycles. The molecule has 0 fully saturated rings. The lowest BCUT2D eigenvalue weighted by atomic mass is 9.94. The lowest BCUT2D eigenvalue weighted by molar-refractivity contribution is -0.153. The van der Waals surface area contributed by atoms with E-state index in [0.29, 0.717) is 13.0 Å². The first-order valence-corrected chi connectivity index (χ1v) is 8.36. The van der Waals surface area contributed by atoms with Crippen LogP contribution in [0.25, 0.3) is 0 Å². The van der Waals surface area contributed by atoms with E-state index >= 15 is 0 Å². The fourth-order valence-electron chi connectivity index (χ4n) is 2.61. The smallest absolute Gasteiger partial charge is 0.331 e. The molecule has 1 N–H and O–H groups in total. The van der Waals surface area contributed by atoms with Gasteiger partial charge in [-0.15, -0.1) is 0 Å². The molecule has 0 aromatic heterocycles. The summed E-state index contributed by atoms with van der Waals surface area (Å²) in [5.41, 5.74) is 2.29. The van der Waals surface area contributed by atoms with Crippen molar-refractivity contribution in [3.05, 3.63) is 34.9 Å². The second-order valence-corrected chi connectivity index (χ2v) is 6.31. The highest BCUT2D eigenvalue weighted by molar-refractivity contribution is 5.88. The molecule has 1 aromatic carbocycles. The molecule has 0 aliphatic heterocycles. The van der Waals surface area contributed by atoms with E-state index in [0.717, 1.165) is 24.0 Å². The molecule has 4 heteroatoms. The van der Waals surface area contributed by atoms with E-state index in [1.54, 1.807) is 13.8 Å². The Bertz CT molecular complexity index is 554. The van der Waals surface area contributed by atoms with Gasteiger partial charge in [0.25, 0.3) is 0 Å². The maximum absolute atomic E-state index is 12.4. The molecule has 0 saturated heterocycles. The number of aryl methyl sites for hydroxylation is 2. The highest BCUT2D eigenvalue weighted by Gasteiger charge is 2.35. The summed E-state index contributed by atoms with van der Waals surface area (Å²) in [5, 5.41) is 2.89. The second kappa shape index (κ2) is 8.70. The summed E-state index contributed by atoms with van der Waals surface area (Å²) < 4.78 is 5.14. The molecule has 1 rings (SSSR count). The van der Waals surface area contributed by atoms with Gasteiger partial charge in [0.1, 0.15) is 5.54 Å². The Labute approximate surface area is 139 Å². The maximum atomic E-state index is 12.4. The van der Waals surface area contributed by atoms with Gasteiger partial charge in [-0.1, -0.05) is 43.5 Å². The number of carbonyl (C=O) groups excluding carboxylic acids is 2. The van der Waals surface area contributed by atoms with Gasteiger partial charge in [-0.05, 0) is 45.2 Å². The van der Waals surface area contributed by atoms with Crippen LogP contribution in [-0.2, 0) is 20.7 Å². The second-order valence-electron chi connectivity index (χ2n) is 6.31. The Morgan fingerprint density at radius 3 is 2.48 bits per heavy atom. The highest BCUT2D eigenvalue weighted by Crippen LogP contribution is 2.17. The molecule has 1 amide bonds. The first-order valence-electron chi connectivity index (χ1n) is 8.36. The van der Waals surface area contributed by atoms with Crippen molar-refractivity contribution >= 4 is 11.9 Å². The van der Waals surface area contributed by atoms with Gasteiger partial charge in [-0.2, -0.15) is 0 Å². The summed E-state index contributed by atoms with van der Waals surface area (Å²) in [7, 11) is 0. The molecule has 1 unspecified atom stereocenters.